The molecule has 0 aliphatic heterocycles. The fourth-order valence-corrected chi connectivity index (χ4v) is 2.37. The van der Waals surface area contributed by atoms with Crippen molar-refractivity contribution in [3.63, 3.8) is 0 Å². The molecule has 0 fully saturated rings. The Hall–Kier alpha value is -1.75. The molecule has 0 aliphatic rings. The van der Waals surface area contributed by atoms with Crippen LogP contribution < -0.4 is 10.2 Å². The molecule has 7 heteroatoms. The molecule has 0 heterocycles. The van der Waals surface area contributed by atoms with Crippen molar-refractivity contribution in [3.8, 4) is 5.75 Å². The molecule has 22 heavy (non-hydrogen) atoms. The van der Waals surface area contributed by atoms with Crippen molar-refractivity contribution in [2.24, 2.45) is 5.10 Å². The van der Waals surface area contributed by atoms with E-state index < -0.39 is 5.91 Å². The average molecular weight is 358 g/mol. The Labute approximate surface area is 142 Å². The zero-order valence-corrected chi connectivity index (χ0v) is 13.7. The number of amides is 1. The summed E-state index contributed by atoms with van der Waals surface area (Å²) in [5.74, 6) is -0.0633. The van der Waals surface area contributed by atoms with Crippen LogP contribution in [0.4, 0.5) is 0 Å². The Balaban J connectivity index is 2.17. The molecule has 0 radical (unpaired) electrons. The van der Waals surface area contributed by atoms with Gasteiger partial charge in [-0.15, -0.1) is 0 Å². The summed E-state index contributed by atoms with van der Waals surface area (Å²) < 4.78 is 5.11. The van der Waals surface area contributed by atoms with Crippen LogP contribution in [-0.2, 0) is 0 Å². The van der Waals surface area contributed by atoms with Gasteiger partial charge in [0, 0.05) is 10.6 Å². The van der Waals surface area contributed by atoms with E-state index in [-0.39, 0.29) is 5.56 Å². The SMILES string of the molecule is COc1ccc(Cl)cc1C(=O)NN=Cc1c(Cl)cccc1Cl. The van der Waals surface area contributed by atoms with E-state index in [1.165, 1.54) is 19.4 Å². The highest BCUT2D eigenvalue weighted by atomic mass is 35.5. The Morgan fingerprint density at radius 2 is 1.86 bits per heavy atom. The normalized spacial score (nSPS) is 10.7. The molecule has 4 nitrogen and oxygen atoms in total. The van der Waals surface area contributed by atoms with Crippen molar-refractivity contribution in [3.05, 3.63) is 62.6 Å². The summed E-state index contributed by atoms with van der Waals surface area (Å²) in [5, 5.41) is 5.14. The fourth-order valence-electron chi connectivity index (χ4n) is 1.71. The number of hydrazone groups is 1. The van der Waals surface area contributed by atoms with Gasteiger partial charge in [-0.1, -0.05) is 40.9 Å². The molecule has 2 aromatic rings. The van der Waals surface area contributed by atoms with Crippen LogP contribution in [0.25, 0.3) is 0 Å². The number of halogens is 3. The van der Waals surface area contributed by atoms with E-state index in [9.17, 15) is 4.79 Å². The topological polar surface area (TPSA) is 50.7 Å². The number of nitrogens with zero attached hydrogens (tertiary/aromatic N) is 1. The number of methoxy groups -OCH3 is 1. The first-order valence-corrected chi connectivity index (χ1v) is 7.27. The van der Waals surface area contributed by atoms with Crippen LogP contribution in [0, 0.1) is 0 Å². The van der Waals surface area contributed by atoms with Crippen molar-refractivity contribution >= 4 is 46.9 Å². The van der Waals surface area contributed by atoms with Crippen LogP contribution >= 0.6 is 34.8 Å². The van der Waals surface area contributed by atoms with Crippen LogP contribution in [0.1, 0.15) is 15.9 Å². The number of rotatable bonds is 4. The molecule has 1 amide bonds. The molecule has 2 rings (SSSR count). The molecular formula is C15H11Cl3N2O2. The van der Waals surface area contributed by atoms with Gasteiger partial charge in [0.25, 0.3) is 5.91 Å². The molecule has 0 saturated heterocycles. The molecule has 0 aromatic heterocycles. The van der Waals surface area contributed by atoms with Crippen molar-refractivity contribution < 1.29 is 9.53 Å². The van der Waals surface area contributed by atoms with E-state index in [0.717, 1.165) is 0 Å². The summed E-state index contributed by atoms with van der Waals surface area (Å²) in [6, 6.07) is 9.80. The minimum Gasteiger partial charge on any atom is -0.496 e. The van der Waals surface area contributed by atoms with Crippen LogP contribution in [-0.4, -0.2) is 19.2 Å². The van der Waals surface area contributed by atoms with Crippen LogP contribution in [0.15, 0.2) is 41.5 Å². The van der Waals surface area contributed by atoms with Crippen LogP contribution in [0.5, 0.6) is 5.75 Å². The van der Waals surface area contributed by atoms with Gasteiger partial charge in [-0.3, -0.25) is 4.79 Å². The minimum atomic E-state index is -0.459. The monoisotopic (exact) mass is 356 g/mol. The Morgan fingerprint density at radius 1 is 1.18 bits per heavy atom. The molecule has 0 unspecified atom stereocenters. The van der Waals surface area contributed by atoms with Crippen molar-refractivity contribution in [1.82, 2.24) is 5.43 Å². The van der Waals surface area contributed by atoms with Gasteiger partial charge >= 0.3 is 0 Å². The summed E-state index contributed by atoms with van der Waals surface area (Å²) in [6.07, 6.45) is 1.37. The number of ether oxygens (including phenoxy) is 1. The first kappa shape index (κ1) is 16.6. The number of benzene rings is 2. The lowest BCUT2D eigenvalue weighted by Crippen LogP contribution is -2.18. The summed E-state index contributed by atoms with van der Waals surface area (Å²) in [4.78, 5) is 12.1. The number of carbonyl (C=O) groups excluding carboxylic acids is 1. The third kappa shape index (κ3) is 3.91. The third-order valence-corrected chi connectivity index (χ3v) is 3.66. The first-order valence-electron chi connectivity index (χ1n) is 6.14. The largest absolute Gasteiger partial charge is 0.496 e. The van der Waals surface area contributed by atoms with Crippen molar-refractivity contribution in [2.75, 3.05) is 7.11 Å². The van der Waals surface area contributed by atoms with Gasteiger partial charge in [0.1, 0.15) is 5.75 Å². The summed E-state index contributed by atoms with van der Waals surface area (Å²) in [5.41, 5.74) is 3.17. The molecule has 0 atom stereocenters. The molecule has 0 saturated carbocycles. The quantitative estimate of drug-likeness (QED) is 0.650. The van der Waals surface area contributed by atoms with Crippen LogP contribution in [0.2, 0.25) is 15.1 Å². The number of nitrogens with one attached hydrogen (secondary N) is 1. The number of hydrogen-bond donors (Lipinski definition) is 1. The number of hydrogen-bond acceptors (Lipinski definition) is 3. The standard InChI is InChI=1S/C15H11Cl3N2O2/c1-22-14-6-5-9(16)7-10(14)15(21)20-19-8-11-12(17)3-2-4-13(11)18/h2-8H,1H3,(H,20,21). The Morgan fingerprint density at radius 3 is 2.50 bits per heavy atom. The summed E-state index contributed by atoms with van der Waals surface area (Å²) in [6.45, 7) is 0. The van der Waals surface area contributed by atoms with E-state index >= 15 is 0 Å². The predicted molar refractivity (Wildman–Crippen MR) is 89.5 cm³/mol. The highest BCUT2D eigenvalue weighted by Crippen LogP contribution is 2.23. The average Bonchev–Trinajstić information content (AvgIpc) is 2.50. The number of carbonyl (C=O) groups is 1. The predicted octanol–water partition coefficient (Wildman–Crippen LogP) is 4.42. The zero-order chi connectivity index (χ0) is 16.1. The molecule has 0 spiro atoms. The van der Waals surface area contributed by atoms with Gasteiger partial charge in [-0.05, 0) is 30.3 Å². The van der Waals surface area contributed by atoms with Gasteiger partial charge < -0.3 is 4.74 Å². The third-order valence-electron chi connectivity index (χ3n) is 2.77. The van der Waals surface area contributed by atoms with E-state index in [1.807, 2.05) is 0 Å². The Bertz CT molecular complexity index is 712. The summed E-state index contributed by atoms with van der Waals surface area (Å²) in [7, 11) is 1.47. The maximum atomic E-state index is 12.1. The molecular weight excluding hydrogens is 347 g/mol. The van der Waals surface area contributed by atoms with Crippen molar-refractivity contribution in [2.45, 2.75) is 0 Å². The van der Waals surface area contributed by atoms with E-state index in [4.69, 9.17) is 39.5 Å². The highest BCUT2D eigenvalue weighted by Gasteiger charge is 2.12. The molecule has 114 valence electrons. The maximum Gasteiger partial charge on any atom is 0.275 e. The Kier molecular flexibility index (Phi) is 5.66. The van der Waals surface area contributed by atoms with E-state index in [2.05, 4.69) is 10.5 Å². The molecule has 2 aromatic carbocycles. The van der Waals surface area contributed by atoms with E-state index in [0.29, 0.717) is 26.4 Å². The lowest BCUT2D eigenvalue weighted by molar-refractivity contribution is 0.0952. The van der Waals surface area contributed by atoms with Gasteiger partial charge in [-0.25, -0.2) is 5.43 Å². The van der Waals surface area contributed by atoms with Gasteiger partial charge in [0.15, 0.2) is 0 Å². The van der Waals surface area contributed by atoms with Gasteiger partial charge in [0.05, 0.1) is 28.9 Å². The molecule has 0 bridgehead atoms. The fraction of sp³-hybridized carbons (Fsp3) is 0.0667. The van der Waals surface area contributed by atoms with Crippen molar-refractivity contribution in [1.29, 1.82) is 0 Å². The molecule has 0 aliphatic carbocycles. The smallest absolute Gasteiger partial charge is 0.275 e. The molecule has 1 N–H and O–H groups in total. The second-order valence-corrected chi connectivity index (χ2v) is 5.43. The van der Waals surface area contributed by atoms with Gasteiger partial charge in [0.2, 0.25) is 0 Å². The maximum absolute atomic E-state index is 12.1. The lowest BCUT2D eigenvalue weighted by Gasteiger charge is -2.07. The second-order valence-electron chi connectivity index (χ2n) is 4.18. The van der Waals surface area contributed by atoms with E-state index in [1.54, 1.807) is 30.3 Å². The minimum absolute atomic E-state index is 0.275. The second kappa shape index (κ2) is 7.49. The lowest BCUT2D eigenvalue weighted by atomic mass is 10.2. The zero-order valence-electron chi connectivity index (χ0n) is 11.4. The first-order chi connectivity index (χ1) is 10.5. The summed E-state index contributed by atoms with van der Waals surface area (Å²) >= 11 is 17.9. The highest BCUT2D eigenvalue weighted by molar-refractivity contribution is 6.38. The van der Waals surface area contributed by atoms with Crippen LogP contribution in [0.3, 0.4) is 0 Å². The van der Waals surface area contributed by atoms with Gasteiger partial charge in [-0.2, -0.15) is 5.10 Å².